The molecule has 24 heavy (non-hydrogen) atoms. The van der Waals surface area contributed by atoms with E-state index in [4.69, 9.17) is 4.74 Å². The summed E-state index contributed by atoms with van der Waals surface area (Å²) in [4.78, 5) is 19.9. The lowest BCUT2D eigenvalue weighted by atomic mass is 10.2. The first-order valence-corrected chi connectivity index (χ1v) is 8.80. The van der Waals surface area contributed by atoms with Gasteiger partial charge in [-0.3, -0.25) is 14.1 Å². The first-order chi connectivity index (χ1) is 11.6. The predicted molar refractivity (Wildman–Crippen MR) is 96.9 cm³/mol. The molecule has 6 heteroatoms. The number of hydrogen-bond acceptors (Lipinski definition) is 5. The summed E-state index contributed by atoms with van der Waals surface area (Å²) in [5.74, 6) is 0.856. The van der Waals surface area contributed by atoms with E-state index in [9.17, 15) is 4.79 Å². The zero-order chi connectivity index (χ0) is 17.1. The van der Waals surface area contributed by atoms with Crippen molar-refractivity contribution in [2.45, 2.75) is 26.9 Å². The third-order valence-corrected chi connectivity index (χ3v) is 4.97. The van der Waals surface area contributed by atoms with Crippen LogP contribution >= 0.6 is 11.3 Å². The molecule has 0 amide bonds. The van der Waals surface area contributed by atoms with Crippen LogP contribution in [0.4, 0.5) is 0 Å². The zero-order valence-electron chi connectivity index (χ0n) is 14.2. The van der Waals surface area contributed by atoms with E-state index in [1.54, 1.807) is 17.6 Å². The molecule has 0 bridgehead atoms. The van der Waals surface area contributed by atoms with Crippen molar-refractivity contribution >= 4 is 16.3 Å². The van der Waals surface area contributed by atoms with Crippen LogP contribution in [0.5, 0.6) is 5.75 Å². The van der Waals surface area contributed by atoms with E-state index in [1.807, 2.05) is 24.4 Å². The molecule has 0 aliphatic rings. The molecule has 0 radical (unpaired) electrons. The summed E-state index contributed by atoms with van der Waals surface area (Å²) in [7, 11) is 1.67. The minimum Gasteiger partial charge on any atom is -0.497 e. The number of aryl methyl sites for hydroxylation is 1. The van der Waals surface area contributed by atoms with Crippen LogP contribution in [-0.2, 0) is 13.1 Å². The molecule has 0 saturated heterocycles. The Morgan fingerprint density at radius 1 is 1.25 bits per heavy atom. The van der Waals surface area contributed by atoms with Gasteiger partial charge in [-0.1, -0.05) is 19.1 Å². The molecule has 126 valence electrons. The maximum Gasteiger partial charge on any atom is 0.259 e. The van der Waals surface area contributed by atoms with Crippen LogP contribution in [0.15, 0.2) is 40.5 Å². The molecule has 1 aromatic carbocycles. The van der Waals surface area contributed by atoms with Gasteiger partial charge < -0.3 is 4.74 Å². The van der Waals surface area contributed by atoms with E-state index in [0.717, 1.165) is 35.2 Å². The molecule has 0 atom stereocenters. The van der Waals surface area contributed by atoms with E-state index < -0.39 is 0 Å². The average Bonchev–Trinajstić information content (AvgIpc) is 2.96. The largest absolute Gasteiger partial charge is 0.497 e. The summed E-state index contributed by atoms with van der Waals surface area (Å²) < 4.78 is 6.85. The molecule has 0 aliphatic heterocycles. The molecule has 2 aromatic heterocycles. The molecular formula is C18H21N3O2S. The molecule has 0 fully saturated rings. The van der Waals surface area contributed by atoms with Crippen molar-refractivity contribution in [3.05, 3.63) is 63.0 Å². The van der Waals surface area contributed by atoms with E-state index in [0.29, 0.717) is 6.54 Å². The molecule has 0 unspecified atom stereocenters. The zero-order valence-corrected chi connectivity index (χ0v) is 15.0. The Hall–Kier alpha value is -2.18. The lowest BCUT2D eigenvalue weighted by Gasteiger charge is -2.20. The van der Waals surface area contributed by atoms with Crippen molar-refractivity contribution < 1.29 is 4.74 Å². The lowest BCUT2D eigenvalue weighted by molar-refractivity contribution is 0.268. The monoisotopic (exact) mass is 343 g/mol. The molecular weight excluding hydrogens is 322 g/mol. The van der Waals surface area contributed by atoms with E-state index in [-0.39, 0.29) is 5.56 Å². The van der Waals surface area contributed by atoms with Crippen LogP contribution in [0.3, 0.4) is 0 Å². The van der Waals surface area contributed by atoms with Crippen LogP contribution in [0.25, 0.3) is 4.96 Å². The van der Waals surface area contributed by atoms with Crippen LogP contribution in [0.1, 0.15) is 23.9 Å². The van der Waals surface area contributed by atoms with Crippen molar-refractivity contribution in [2.24, 2.45) is 0 Å². The van der Waals surface area contributed by atoms with Gasteiger partial charge in [0.25, 0.3) is 5.56 Å². The highest BCUT2D eigenvalue weighted by molar-refractivity contribution is 7.15. The third kappa shape index (κ3) is 3.49. The summed E-state index contributed by atoms with van der Waals surface area (Å²) in [5, 5.41) is 1.96. The second-order valence-electron chi connectivity index (χ2n) is 5.73. The quantitative estimate of drug-likeness (QED) is 0.690. The van der Waals surface area contributed by atoms with Crippen molar-refractivity contribution in [1.82, 2.24) is 14.3 Å². The third-order valence-electron chi connectivity index (χ3n) is 4.03. The Balaban J connectivity index is 1.78. The van der Waals surface area contributed by atoms with Gasteiger partial charge in [0.15, 0.2) is 4.96 Å². The standard InChI is InChI=1S/C18H21N3O2S/c1-4-20(10-14-5-7-16(23-3)8-6-14)11-15-9-17(22)21-13(2)12-24-18(21)19-15/h5-9,12H,4,10-11H2,1-3H3. The highest BCUT2D eigenvalue weighted by Gasteiger charge is 2.10. The summed E-state index contributed by atoms with van der Waals surface area (Å²) in [5.41, 5.74) is 2.96. The van der Waals surface area contributed by atoms with Gasteiger partial charge in [-0.2, -0.15) is 0 Å². The normalized spacial score (nSPS) is 11.3. The number of ether oxygens (including phenoxy) is 1. The fourth-order valence-electron chi connectivity index (χ4n) is 2.68. The van der Waals surface area contributed by atoms with Crippen LogP contribution < -0.4 is 10.3 Å². The summed E-state index contributed by atoms with van der Waals surface area (Å²) in [6.45, 7) is 6.39. The number of methoxy groups -OCH3 is 1. The molecule has 3 rings (SSSR count). The minimum absolute atomic E-state index is 0.00532. The van der Waals surface area contributed by atoms with E-state index >= 15 is 0 Å². The molecule has 2 heterocycles. The molecule has 0 aliphatic carbocycles. The minimum atomic E-state index is -0.00532. The molecule has 0 saturated carbocycles. The summed E-state index contributed by atoms with van der Waals surface area (Å²) in [6.07, 6.45) is 0. The number of hydrogen-bond donors (Lipinski definition) is 0. The molecule has 3 aromatic rings. The second-order valence-corrected chi connectivity index (χ2v) is 6.57. The van der Waals surface area contributed by atoms with Gasteiger partial charge in [0.05, 0.1) is 12.8 Å². The molecule has 0 N–H and O–H groups in total. The maximum absolute atomic E-state index is 12.3. The fraction of sp³-hybridized carbons (Fsp3) is 0.333. The number of fused-ring (bicyclic) bond motifs is 1. The first kappa shape index (κ1) is 16.7. The van der Waals surface area contributed by atoms with Gasteiger partial charge in [0.2, 0.25) is 0 Å². The van der Waals surface area contributed by atoms with Gasteiger partial charge in [0.1, 0.15) is 5.75 Å². The number of thiazole rings is 1. The topological polar surface area (TPSA) is 46.8 Å². The van der Waals surface area contributed by atoms with Crippen molar-refractivity contribution in [3.63, 3.8) is 0 Å². The number of nitrogens with zero attached hydrogens (tertiary/aromatic N) is 3. The highest BCUT2D eigenvalue weighted by Crippen LogP contribution is 2.15. The van der Waals surface area contributed by atoms with Gasteiger partial charge in [-0.05, 0) is 31.2 Å². The van der Waals surface area contributed by atoms with Gasteiger partial charge >= 0.3 is 0 Å². The molecule has 0 spiro atoms. The number of aromatic nitrogens is 2. The van der Waals surface area contributed by atoms with Gasteiger partial charge in [0, 0.05) is 30.2 Å². The Morgan fingerprint density at radius 3 is 2.67 bits per heavy atom. The van der Waals surface area contributed by atoms with Crippen LogP contribution in [-0.4, -0.2) is 27.9 Å². The average molecular weight is 343 g/mol. The van der Waals surface area contributed by atoms with Gasteiger partial charge in [-0.15, -0.1) is 11.3 Å². The van der Waals surface area contributed by atoms with Gasteiger partial charge in [-0.25, -0.2) is 4.98 Å². The predicted octanol–water partition coefficient (Wildman–Crippen LogP) is 3.10. The van der Waals surface area contributed by atoms with Crippen LogP contribution in [0.2, 0.25) is 0 Å². The van der Waals surface area contributed by atoms with Crippen molar-refractivity contribution in [1.29, 1.82) is 0 Å². The Labute approximate surface area is 145 Å². The van der Waals surface area contributed by atoms with E-state index in [1.165, 1.54) is 16.9 Å². The number of rotatable bonds is 6. The summed E-state index contributed by atoms with van der Waals surface area (Å²) in [6, 6.07) is 9.71. The second kappa shape index (κ2) is 7.15. The SMILES string of the molecule is CCN(Cc1ccc(OC)cc1)Cc1cc(=O)n2c(C)csc2n1. The highest BCUT2D eigenvalue weighted by atomic mass is 32.1. The van der Waals surface area contributed by atoms with Crippen molar-refractivity contribution in [3.8, 4) is 5.75 Å². The smallest absolute Gasteiger partial charge is 0.259 e. The molecule has 5 nitrogen and oxygen atoms in total. The Bertz CT molecular complexity index is 883. The number of benzene rings is 1. The Morgan fingerprint density at radius 2 is 2.00 bits per heavy atom. The summed E-state index contributed by atoms with van der Waals surface area (Å²) >= 11 is 1.50. The van der Waals surface area contributed by atoms with Crippen molar-refractivity contribution in [2.75, 3.05) is 13.7 Å². The van der Waals surface area contributed by atoms with Crippen LogP contribution in [0, 0.1) is 6.92 Å². The first-order valence-electron chi connectivity index (χ1n) is 7.92. The Kier molecular flexibility index (Phi) is 4.97. The lowest BCUT2D eigenvalue weighted by Crippen LogP contribution is -2.25. The van der Waals surface area contributed by atoms with E-state index in [2.05, 4.69) is 28.9 Å². The maximum atomic E-state index is 12.3. The fourth-order valence-corrected chi connectivity index (χ4v) is 3.57.